The van der Waals surface area contributed by atoms with Gasteiger partial charge in [0, 0.05) is 0 Å². The Kier molecular flexibility index (Phi) is 9.14. The van der Waals surface area contributed by atoms with E-state index in [9.17, 15) is 0 Å². The van der Waals surface area contributed by atoms with E-state index in [2.05, 4.69) is 13.8 Å². The zero-order valence-electron chi connectivity index (χ0n) is 12.8. The van der Waals surface area contributed by atoms with Crippen LogP contribution in [0.4, 0.5) is 0 Å². The second-order valence-corrected chi connectivity index (χ2v) is 6.12. The fraction of sp³-hybridized carbons (Fsp3) is 0.294. The van der Waals surface area contributed by atoms with Crippen molar-refractivity contribution >= 4 is 25.6 Å². The Morgan fingerprint density at radius 1 is 0.818 bits per heavy atom. The lowest BCUT2D eigenvalue weighted by atomic mass is 10.2. The standard InChI is InChI=1S/C17H21O3P.BrH/c1-15(2)13-14-18-21(19-16-9-5-3-6-10-16)20-17-11-7-4-8-12-17;/h3-12,15H,13-14H2,1-2H3;1H. The van der Waals surface area contributed by atoms with Crippen LogP contribution in [-0.4, -0.2) is 6.61 Å². The van der Waals surface area contributed by atoms with Gasteiger partial charge in [0.25, 0.3) is 0 Å². The minimum atomic E-state index is -1.44. The second kappa shape index (κ2) is 10.6. The van der Waals surface area contributed by atoms with Crippen LogP contribution < -0.4 is 9.05 Å². The van der Waals surface area contributed by atoms with Gasteiger partial charge in [0.1, 0.15) is 11.5 Å². The first kappa shape index (κ1) is 19.0. The maximum absolute atomic E-state index is 5.82. The van der Waals surface area contributed by atoms with Gasteiger partial charge in [-0.15, -0.1) is 17.0 Å². The van der Waals surface area contributed by atoms with E-state index >= 15 is 0 Å². The van der Waals surface area contributed by atoms with Gasteiger partial charge in [-0.3, -0.25) is 4.52 Å². The highest BCUT2D eigenvalue weighted by Gasteiger charge is 2.17. The second-order valence-electron chi connectivity index (χ2n) is 5.05. The van der Waals surface area contributed by atoms with E-state index in [1.54, 1.807) is 0 Å². The van der Waals surface area contributed by atoms with E-state index < -0.39 is 8.60 Å². The highest BCUT2D eigenvalue weighted by atomic mass is 79.9. The monoisotopic (exact) mass is 384 g/mol. The smallest absolute Gasteiger partial charge is 0.418 e. The fourth-order valence-corrected chi connectivity index (χ4v) is 2.55. The maximum Gasteiger partial charge on any atom is 0.463 e. The maximum atomic E-state index is 5.82. The average Bonchev–Trinajstić information content (AvgIpc) is 2.49. The van der Waals surface area contributed by atoms with Crippen molar-refractivity contribution in [3.05, 3.63) is 60.7 Å². The summed E-state index contributed by atoms with van der Waals surface area (Å²) < 4.78 is 17.4. The van der Waals surface area contributed by atoms with Gasteiger partial charge in [0.05, 0.1) is 6.61 Å². The van der Waals surface area contributed by atoms with Crippen molar-refractivity contribution in [2.24, 2.45) is 5.92 Å². The molecule has 0 saturated heterocycles. The molecule has 0 bridgehead atoms. The number of rotatable bonds is 8. The number of halogens is 1. The van der Waals surface area contributed by atoms with Gasteiger partial charge >= 0.3 is 8.60 Å². The Balaban J connectivity index is 0.00000242. The van der Waals surface area contributed by atoms with Gasteiger partial charge in [0.2, 0.25) is 0 Å². The average molecular weight is 385 g/mol. The van der Waals surface area contributed by atoms with Crippen LogP contribution in [0.3, 0.4) is 0 Å². The third kappa shape index (κ3) is 7.26. The molecule has 2 rings (SSSR count). The SMILES string of the molecule is Br.CC(C)CCOP(Oc1ccccc1)Oc1ccccc1. The first-order valence-electron chi connectivity index (χ1n) is 7.13. The van der Waals surface area contributed by atoms with E-state index in [4.69, 9.17) is 13.6 Å². The Labute approximate surface area is 144 Å². The summed E-state index contributed by atoms with van der Waals surface area (Å²) in [5, 5.41) is 0. The summed E-state index contributed by atoms with van der Waals surface area (Å²) in [5.74, 6) is 2.10. The number of para-hydroxylation sites is 2. The van der Waals surface area contributed by atoms with Gasteiger partial charge in [-0.05, 0) is 36.6 Å². The van der Waals surface area contributed by atoms with E-state index in [-0.39, 0.29) is 17.0 Å². The first-order valence-corrected chi connectivity index (χ1v) is 8.22. The van der Waals surface area contributed by atoms with E-state index in [1.807, 2.05) is 60.7 Å². The van der Waals surface area contributed by atoms with Crippen molar-refractivity contribution in [1.82, 2.24) is 0 Å². The molecule has 22 heavy (non-hydrogen) atoms. The van der Waals surface area contributed by atoms with Crippen molar-refractivity contribution < 1.29 is 13.6 Å². The molecule has 0 aliphatic carbocycles. The third-order valence-electron chi connectivity index (χ3n) is 2.74. The number of hydrogen-bond acceptors (Lipinski definition) is 3. The molecule has 0 heterocycles. The summed E-state index contributed by atoms with van der Waals surface area (Å²) in [6.45, 7) is 4.96. The molecule has 0 radical (unpaired) electrons. The van der Waals surface area contributed by atoms with Gasteiger partial charge in [-0.1, -0.05) is 50.2 Å². The minimum absolute atomic E-state index is 0. The molecule has 3 nitrogen and oxygen atoms in total. The lowest BCUT2D eigenvalue weighted by molar-refractivity contribution is 0.249. The molecular weight excluding hydrogens is 363 g/mol. The highest BCUT2D eigenvalue weighted by molar-refractivity contribution is 8.93. The van der Waals surface area contributed by atoms with Crippen LogP contribution >= 0.6 is 25.6 Å². The molecular formula is C17H22BrO3P. The molecule has 0 aromatic heterocycles. The molecule has 0 N–H and O–H groups in total. The normalized spacial score (nSPS) is 10.4. The highest BCUT2D eigenvalue weighted by Crippen LogP contribution is 2.41. The minimum Gasteiger partial charge on any atom is -0.418 e. The topological polar surface area (TPSA) is 27.7 Å². The molecule has 0 unspecified atom stereocenters. The van der Waals surface area contributed by atoms with Crippen LogP contribution in [0.1, 0.15) is 20.3 Å². The summed E-state index contributed by atoms with van der Waals surface area (Å²) in [6.07, 6.45) is 0.981. The molecule has 0 atom stereocenters. The molecule has 5 heteroatoms. The molecule has 0 aliphatic heterocycles. The van der Waals surface area contributed by atoms with Gasteiger partial charge < -0.3 is 9.05 Å². The van der Waals surface area contributed by atoms with E-state index in [1.165, 1.54) is 0 Å². The van der Waals surface area contributed by atoms with Gasteiger partial charge in [-0.25, -0.2) is 0 Å². The van der Waals surface area contributed by atoms with Crippen LogP contribution in [-0.2, 0) is 4.52 Å². The first-order chi connectivity index (χ1) is 10.2. The van der Waals surface area contributed by atoms with Crippen molar-refractivity contribution in [2.75, 3.05) is 6.61 Å². The summed E-state index contributed by atoms with van der Waals surface area (Å²) in [7, 11) is -1.44. The Bertz CT molecular complexity index is 466. The Morgan fingerprint density at radius 2 is 1.27 bits per heavy atom. The number of benzene rings is 2. The van der Waals surface area contributed by atoms with E-state index in [0.29, 0.717) is 12.5 Å². The van der Waals surface area contributed by atoms with Crippen LogP contribution in [0.5, 0.6) is 11.5 Å². The quantitative estimate of drug-likeness (QED) is 0.521. The van der Waals surface area contributed by atoms with Gasteiger partial charge in [0.15, 0.2) is 0 Å². The largest absolute Gasteiger partial charge is 0.463 e. The Morgan fingerprint density at radius 3 is 1.68 bits per heavy atom. The summed E-state index contributed by atoms with van der Waals surface area (Å²) in [4.78, 5) is 0. The van der Waals surface area contributed by atoms with Crippen molar-refractivity contribution in [3.8, 4) is 11.5 Å². The molecule has 0 spiro atoms. The van der Waals surface area contributed by atoms with Crippen molar-refractivity contribution in [2.45, 2.75) is 20.3 Å². The van der Waals surface area contributed by atoms with Crippen molar-refractivity contribution in [1.29, 1.82) is 0 Å². The van der Waals surface area contributed by atoms with Gasteiger partial charge in [-0.2, -0.15) is 0 Å². The molecule has 0 fully saturated rings. The molecule has 0 saturated carbocycles. The van der Waals surface area contributed by atoms with Crippen LogP contribution in [0.2, 0.25) is 0 Å². The summed E-state index contributed by atoms with van der Waals surface area (Å²) in [6, 6.07) is 19.2. The number of hydrogen-bond donors (Lipinski definition) is 0. The predicted molar refractivity (Wildman–Crippen MR) is 96.8 cm³/mol. The third-order valence-corrected chi connectivity index (χ3v) is 3.85. The Hall–Kier alpha value is -1.09. The predicted octanol–water partition coefficient (Wildman–Crippen LogP) is 6.01. The van der Waals surface area contributed by atoms with Crippen LogP contribution in [0.15, 0.2) is 60.7 Å². The van der Waals surface area contributed by atoms with Crippen LogP contribution in [0, 0.1) is 5.92 Å². The molecule has 0 aliphatic rings. The van der Waals surface area contributed by atoms with Crippen LogP contribution in [0.25, 0.3) is 0 Å². The van der Waals surface area contributed by atoms with E-state index in [0.717, 1.165) is 17.9 Å². The fourth-order valence-electron chi connectivity index (χ4n) is 1.57. The summed E-state index contributed by atoms with van der Waals surface area (Å²) in [5.41, 5.74) is 0. The molecule has 0 amide bonds. The van der Waals surface area contributed by atoms with Crippen molar-refractivity contribution in [3.63, 3.8) is 0 Å². The lowest BCUT2D eigenvalue weighted by Crippen LogP contribution is -2.03. The molecule has 2 aromatic rings. The summed E-state index contributed by atoms with van der Waals surface area (Å²) >= 11 is 0. The molecule has 120 valence electrons. The molecule has 2 aromatic carbocycles. The zero-order valence-corrected chi connectivity index (χ0v) is 15.5. The lowest BCUT2D eigenvalue weighted by Gasteiger charge is -2.18. The zero-order chi connectivity index (χ0) is 14.9.